The zero-order valence-corrected chi connectivity index (χ0v) is 12.8. The van der Waals surface area contributed by atoms with Gasteiger partial charge in [-0.25, -0.2) is 4.39 Å². The molecular weight excluding hydrogens is 297 g/mol. The van der Waals surface area contributed by atoms with E-state index in [0.717, 1.165) is 5.69 Å². The second-order valence-electron chi connectivity index (χ2n) is 5.71. The van der Waals surface area contributed by atoms with Gasteiger partial charge >= 0.3 is 0 Å². The summed E-state index contributed by atoms with van der Waals surface area (Å²) in [5.74, 6) is 0.493. The number of ether oxygens (including phenoxy) is 1. The molecule has 5 heteroatoms. The van der Waals surface area contributed by atoms with E-state index in [9.17, 15) is 9.50 Å². The number of benzene rings is 2. The third kappa shape index (κ3) is 3.56. The Labute approximate surface area is 134 Å². The monoisotopic (exact) mass is 317 g/mol. The number of aliphatic hydroxyl groups excluding tert-OH is 1. The maximum absolute atomic E-state index is 13.9. The fourth-order valence-corrected chi connectivity index (χ4v) is 2.91. The molecule has 1 atom stereocenters. The highest BCUT2D eigenvalue weighted by molar-refractivity contribution is 5.62. The molecule has 23 heavy (non-hydrogen) atoms. The van der Waals surface area contributed by atoms with Gasteiger partial charge in [-0.15, -0.1) is 0 Å². The van der Waals surface area contributed by atoms with E-state index in [1.54, 1.807) is 30.3 Å². The summed E-state index contributed by atoms with van der Waals surface area (Å²) in [5, 5.41) is 18.8. The fourth-order valence-electron chi connectivity index (χ4n) is 2.91. The van der Waals surface area contributed by atoms with E-state index in [0.29, 0.717) is 37.2 Å². The SMILES string of the molecule is OCCCN1CC(Cc2ccccc2F)Oc2cc(O)ccc21. The summed E-state index contributed by atoms with van der Waals surface area (Å²) >= 11 is 0. The minimum Gasteiger partial charge on any atom is -0.508 e. The van der Waals surface area contributed by atoms with Crippen molar-refractivity contribution in [1.82, 2.24) is 0 Å². The Bertz CT molecular complexity index is 677. The zero-order valence-electron chi connectivity index (χ0n) is 12.8. The number of hydrogen-bond acceptors (Lipinski definition) is 4. The van der Waals surface area contributed by atoms with Crippen molar-refractivity contribution in [3.63, 3.8) is 0 Å². The summed E-state index contributed by atoms with van der Waals surface area (Å²) in [6, 6.07) is 11.7. The molecule has 2 aromatic carbocycles. The molecule has 1 heterocycles. The van der Waals surface area contributed by atoms with Crippen LogP contribution in [0.3, 0.4) is 0 Å². The summed E-state index contributed by atoms with van der Waals surface area (Å²) in [7, 11) is 0. The van der Waals surface area contributed by atoms with Crippen LogP contribution in [0.1, 0.15) is 12.0 Å². The first-order valence-corrected chi connectivity index (χ1v) is 7.76. The lowest BCUT2D eigenvalue weighted by Gasteiger charge is -2.36. The van der Waals surface area contributed by atoms with E-state index in [1.165, 1.54) is 6.07 Å². The van der Waals surface area contributed by atoms with Crippen LogP contribution in [0.5, 0.6) is 11.5 Å². The Balaban J connectivity index is 1.82. The Morgan fingerprint density at radius 2 is 2.04 bits per heavy atom. The minimum atomic E-state index is -0.236. The predicted molar refractivity (Wildman–Crippen MR) is 86.5 cm³/mol. The zero-order chi connectivity index (χ0) is 16.2. The van der Waals surface area contributed by atoms with Crippen LogP contribution in [0, 0.1) is 5.82 Å². The van der Waals surface area contributed by atoms with Gasteiger partial charge in [0.1, 0.15) is 23.4 Å². The summed E-state index contributed by atoms with van der Waals surface area (Å²) in [5.41, 5.74) is 1.50. The third-order valence-corrected chi connectivity index (χ3v) is 3.99. The van der Waals surface area contributed by atoms with Gasteiger partial charge in [-0.3, -0.25) is 0 Å². The van der Waals surface area contributed by atoms with Gasteiger partial charge in [0, 0.05) is 25.6 Å². The molecule has 1 aliphatic rings. The smallest absolute Gasteiger partial charge is 0.146 e. The molecule has 2 N–H and O–H groups in total. The molecule has 0 spiro atoms. The molecule has 4 nitrogen and oxygen atoms in total. The first-order valence-electron chi connectivity index (χ1n) is 7.76. The van der Waals surface area contributed by atoms with Crippen molar-refractivity contribution >= 4 is 5.69 Å². The van der Waals surface area contributed by atoms with E-state index >= 15 is 0 Å². The number of aliphatic hydroxyl groups is 1. The number of hydrogen-bond donors (Lipinski definition) is 2. The number of nitrogens with zero attached hydrogens (tertiary/aromatic N) is 1. The summed E-state index contributed by atoms with van der Waals surface area (Å²) in [6.45, 7) is 1.42. The van der Waals surface area contributed by atoms with Gasteiger partial charge in [0.2, 0.25) is 0 Å². The highest BCUT2D eigenvalue weighted by atomic mass is 19.1. The molecule has 122 valence electrons. The van der Waals surface area contributed by atoms with Crippen LogP contribution >= 0.6 is 0 Å². The quantitative estimate of drug-likeness (QED) is 0.890. The number of aromatic hydroxyl groups is 1. The average Bonchev–Trinajstić information content (AvgIpc) is 2.54. The van der Waals surface area contributed by atoms with Crippen molar-refractivity contribution in [2.24, 2.45) is 0 Å². The number of anilines is 1. The van der Waals surface area contributed by atoms with E-state index in [4.69, 9.17) is 9.84 Å². The van der Waals surface area contributed by atoms with Gasteiger partial charge < -0.3 is 19.8 Å². The Kier molecular flexibility index (Phi) is 4.67. The van der Waals surface area contributed by atoms with Gasteiger partial charge in [-0.05, 0) is 30.2 Å². The van der Waals surface area contributed by atoms with E-state index in [2.05, 4.69) is 4.90 Å². The highest BCUT2D eigenvalue weighted by Crippen LogP contribution is 2.36. The van der Waals surface area contributed by atoms with Gasteiger partial charge in [0.25, 0.3) is 0 Å². The Hall–Kier alpha value is -2.27. The minimum absolute atomic E-state index is 0.114. The molecule has 0 amide bonds. The number of rotatable bonds is 5. The lowest BCUT2D eigenvalue weighted by Crippen LogP contribution is -2.42. The topological polar surface area (TPSA) is 52.9 Å². The van der Waals surface area contributed by atoms with Crippen molar-refractivity contribution in [3.8, 4) is 11.5 Å². The summed E-state index contributed by atoms with van der Waals surface area (Å²) in [6.07, 6.45) is 0.893. The van der Waals surface area contributed by atoms with Crippen molar-refractivity contribution in [2.75, 3.05) is 24.6 Å². The van der Waals surface area contributed by atoms with Crippen molar-refractivity contribution < 1.29 is 19.3 Å². The van der Waals surface area contributed by atoms with Crippen LogP contribution in [0.25, 0.3) is 0 Å². The molecule has 3 rings (SSSR count). The van der Waals surface area contributed by atoms with Crippen LogP contribution in [0.4, 0.5) is 10.1 Å². The van der Waals surface area contributed by atoms with Crippen molar-refractivity contribution in [2.45, 2.75) is 18.9 Å². The molecule has 0 radical (unpaired) electrons. The van der Waals surface area contributed by atoms with Crippen molar-refractivity contribution in [1.29, 1.82) is 0 Å². The maximum Gasteiger partial charge on any atom is 0.146 e. The van der Waals surface area contributed by atoms with Crippen molar-refractivity contribution in [3.05, 3.63) is 53.8 Å². The molecule has 0 fully saturated rings. The lowest BCUT2D eigenvalue weighted by molar-refractivity contribution is 0.190. The molecule has 1 unspecified atom stereocenters. The van der Waals surface area contributed by atoms with Crippen LogP contribution < -0.4 is 9.64 Å². The van der Waals surface area contributed by atoms with Crippen LogP contribution in [-0.4, -0.2) is 36.0 Å². The normalized spacial score (nSPS) is 16.8. The van der Waals surface area contributed by atoms with E-state index < -0.39 is 0 Å². The maximum atomic E-state index is 13.9. The number of halogens is 1. The van der Waals surface area contributed by atoms with Gasteiger partial charge in [-0.1, -0.05) is 18.2 Å². The fraction of sp³-hybridized carbons (Fsp3) is 0.333. The van der Waals surface area contributed by atoms with Crippen LogP contribution in [0.15, 0.2) is 42.5 Å². The Morgan fingerprint density at radius 3 is 2.83 bits per heavy atom. The van der Waals surface area contributed by atoms with Gasteiger partial charge in [0.15, 0.2) is 0 Å². The Morgan fingerprint density at radius 1 is 1.22 bits per heavy atom. The molecule has 0 aliphatic carbocycles. The first kappa shape index (κ1) is 15.6. The number of phenolic OH excluding ortho intramolecular Hbond substituents is 1. The van der Waals surface area contributed by atoms with E-state index in [1.807, 2.05) is 6.07 Å². The van der Waals surface area contributed by atoms with E-state index in [-0.39, 0.29) is 24.3 Å². The largest absolute Gasteiger partial charge is 0.508 e. The second-order valence-corrected chi connectivity index (χ2v) is 5.71. The third-order valence-electron chi connectivity index (χ3n) is 3.99. The molecule has 2 aromatic rings. The molecule has 0 saturated carbocycles. The average molecular weight is 317 g/mol. The lowest BCUT2D eigenvalue weighted by atomic mass is 10.0. The molecular formula is C18H20FNO3. The molecule has 0 saturated heterocycles. The number of fused-ring (bicyclic) bond motifs is 1. The van der Waals surface area contributed by atoms with Crippen LogP contribution in [0.2, 0.25) is 0 Å². The first-order chi connectivity index (χ1) is 11.2. The molecule has 0 aromatic heterocycles. The van der Waals surface area contributed by atoms with Crippen LogP contribution in [-0.2, 0) is 6.42 Å². The summed E-state index contributed by atoms with van der Waals surface area (Å²) < 4.78 is 19.8. The molecule has 0 bridgehead atoms. The summed E-state index contributed by atoms with van der Waals surface area (Å²) in [4.78, 5) is 2.11. The standard InChI is InChI=1S/C18H20FNO3/c19-16-5-2-1-4-13(16)10-15-12-20(8-3-9-21)17-7-6-14(22)11-18(17)23-15/h1-2,4-7,11,15,21-22H,3,8-10,12H2. The predicted octanol–water partition coefficient (Wildman–Crippen LogP) is 2.72. The highest BCUT2D eigenvalue weighted by Gasteiger charge is 2.26. The second kappa shape index (κ2) is 6.87. The van der Waals surface area contributed by atoms with Gasteiger partial charge in [0.05, 0.1) is 12.2 Å². The number of phenols is 1. The van der Waals surface area contributed by atoms with Gasteiger partial charge in [-0.2, -0.15) is 0 Å². The molecule has 1 aliphatic heterocycles.